The van der Waals surface area contributed by atoms with Gasteiger partial charge in [-0.2, -0.15) is 0 Å². The minimum atomic E-state index is 0.400. The molecule has 1 atom stereocenters. The number of hydrogen-bond donors (Lipinski definition) is 0. The standard InChI is InChI=1S/C13H15NO/c15-11-6-8-14-7-5-10-3-1-2-4-12(10)13(14)9-11/h1-4,10H,5-9H2. The zero-order valence-corrected chi connectivity index (χ0v) is 8.78. The molecule has 1 aliphatic carbocycles. The number of carbonyl (C=O) groups excluding carboxylic acids is 1. The van der Waals surface area contributed by atoms with Crippen LogP contribution in [0.25, 0.3) is 0 Å². The van der Waals surface area contributed by atoms with Crippen LogP contribution in [0.5, 0.6) is 0 Å². The van der Waals surface area contributed by atoms with Crippen LogP contribution in [0.4, 0.5) is 0 Å². The van der Waals surface area contributed by atoms with Crippen LogP contribution in [0.15, 0.2) is 35.6 Å². The van der Waals surface area contributed by atoms with E-state index in [0.29, 0.717) is 18.1 Å². The Morgan fingerprint density at radius 2 is 2.20 bits per heavy atom. The maximum atomic E-state index is 11.5. The van der Waals surface area contributed by atoms with E-state index in [-0.39, 0.29) is 0 Å². The number of piperidine rings is 1. The molecule has 0 bridgehead atoms. The topological polar surface area (TPSA) is 20.3 Å². The van der Waals surface area contributed by atoms with Gasteiger partial charge < -0.3 is 4.90 Å². The first-order valence-electron chi connectivity index (χ1n) is 5.69. The lowest BCUT2D eigenvalue weighted by Gasteiger charge is -2.39. The van der Waals surface area contributed by atoms with Crippen molar-refractivity contribution in [3.63, 3.8) is 0 Å². The monoisotopic (exact) mass is 201 g/mol. The minimum Gasteiger partial charge on any atom is -0.374 e. The minimum absolute atomic E-state index is 0.400. The SMILES string of the molecule is O=C1CCN2CCC3C=CC=CC3=C2C1. The van der Waals surface area contributed by atoms with E-state index >= 15 is 0 Å². The summed E-state index contributed by atoms with van der Waals surface area (Å²) in [7, 11) is 0. The third kappa shape index (κ3) is 1.44. The first-order valence-corrected chi connectivity index (χ1v) is 5.69. The maximum absolute atomic E-state index is 11.5. The van der Waals surface area contributed by atoms with Crippen LogP contribution in [0.3, 0.4) is 0 Å². The highest BCUT2D eigenvalue weighted by Gasteiger charge is 2.29. The van der Waals surface area contributed by atoms with Crippen molar-refractivity contribution >= 4 is 5.78 Å². The van der Waals surface area contributed by atoms with Crippen LogP contribution >= 0.6 is 0 Å². The molecule has 1 fully saturated rings. The van der Waals surface area contributed by atoms with Crippen LogP contribution < -0.4 is 0 Å². The van der Waals surface area contributed by atoms with Gasteiger partial charge in [0.05, 0.1) is 0 Å². The number of carbonyl (C=O) groups is 1. The second-order valence-electron chi connectivity index (χ2n) is 4.49. The van der Waals surface area contributed by atoms with E-state index in [1.165, 1.54) is 17.7 Å². The van der Waals surface area contributed by atoms with Crippen molar-refractivity contribution in [2.75, 3.05) is 13.1 Å². The van der Waals surface area contributed by atoms with E-state index in [0.717, 1.165) is 19.5 Å². The molecule has 15 heavy (non-hydrogen) atoms. The van der Waals surface area contributed by atoms with Crippen molar-refractivity contribution < 1.29 is 4.79 Å². The zero-order valence-electron chi connectivity index (χ0n) is 8.78. The van der Waals surface area contributed by atoms with E-state index in [1.54, 1.807) is 0 Å². The van der Waals surface area contributed by atoms with Crippen LogP contribution in [0.1, 0.15) is 19.3 Å². The summed E-state index contributed by atoms with van der Waals surface area (Å²) < 4.78 is 0. The summed E-state index contributed by atoms with van der Waals surface area (Å²) >= 11 is 0. The molecule has 0 aromatic carbocycles. The molecule has 0 saturated carbocycles. The molecule has 3 aliphatic rings. The first kappa shape index (κ1) is 8.96. The molecule has 2 heteroatoms. The number of rotatable bonds is 0. The van der Waals surface area contributed by atoms with Crippen LogP contribution in [0.2, 0.25) is 0 Å². The van der Waals surface area contributed by atoms with Gasteiger partial charge in [-0.05, 0) is 12.0 Å². The summed E-state index contributed by atoms with van der Waals surface area (Å²) in [5.41, 5.74) is 2.68. The van der Waals surface area contributed by atoms with Crippen LogP contribution in [-0.4, -0.2) is 23.8 Å². The highest BCUT2D eigenvalue weighted by atomic mass is 16.1. The summed E-state index contributed by atoms with van der Waals surface area (Å²) in [5.74, 6) is 0.963. The summed E-state index contributed by atoms with van der Waals surface area (Å²) in [4.78, 5) is 13.9. The predicted molar refractivity (Wildman–Crippen MR) is 59.2 cm³/mol. The molecule has 0 spiro atoms. The molecule has 0 aromatic rings. The molecule has 2 heterocycles. The van der Waals surface area contributed by atoms with Crippen LogP contribution in [-0.2, 0) is 4.79 Å². The maximum Gasteiger partial charge on any atom is 0.140 e. The molecule has 0 radical (unpaired) electrons. The van der Waals surface area contributed by atoms with Crippen molar-refractivity contribution in [2.45, 2.75) is 19.3 Å². The van der Waals surface area contributed by atoms with Gasteiger partial charge in [0, 0.05) is 37.5 Å². The lowest BCUT2D eigenvalue weighted by molar-refractivity contribution is -0.120. The van der Waals surface area contributed by atoms with Gasteiger partial charge in [0.25, 0.3) is 0 Å². The first-order chi connectivity index (χ1) is 7.34. The van der Waals surface area contributed by atoms with Gasteiger partial charge in [-0.3, -0.25) is 4.79 Å². The summed E-state index contributed by atoms with van der Waals surface area (Å²) in [6, 6.07) is 0. The second kappa shape index (κ2) is 3.37. The second-order valence-corrected chi connectivity index (χ2v) is 4.49. The van der Waals surface area contributed by atoms with Crippen molar-refractivity contribution in [1.29, 1.82) is 0 Å². The molecule has 2 aliphatic heterocycles. The number of Topliss-reactive ketones (excluding diaryl/α,β-unsaturated/α-hetero) is 1. The lowest BCUT2D eigenvalue weighted by Crippen LogP contribution is -2.38. The number of allylic oxidation sites excluding steroid dienone is 6. The third-order valence-corrected chi connectivity index (χ3v) is 3.58. The Labute approximate surface area is 90.0 Å². The molecule has 0 amide bonds. The fourth-order valence-corrected chi connectivity index (χ4v) is 2.75. The van der Waals surface area contributed by atoms with E-state index in [9.17, 15) is 4.79 Å². The molecule has 78 valence electrons. The molecule has 2 nitrogen and oxygen atoms in total. The van der Waals surface area contributed by atoms with Crippen molar-refractivity contribution in [2.24, 2.45) is 5.92 Å². The van der Waals surface area contributed by atoms with Gasteiger partial charge >= 0.3 is 0 Å². The number of ketones is 1. The van der Waals surface area contributed by atoms with E-state index in [4.69, 9.17) is 0 Å². The number of fused-ring (bicyclic) bond motifs is 2. The third-order valence-electron chi connectivity index (χ3n) is 3.58. The average Bonchev–Trinajstić information content (AvgIpc) is 2.29. The van der Waals surface area contributed by atoms with E-state index in [2.05, 4.69) is 29.2 Å². The zero-order chi connectivity index (χ0) is 10.3. The summed E-state index contributed by atoms with van der Waals surface area (Å²) in [6.07, 6.45) is 11.2. The largest absolute Gasteiger partial charge is 0.374 e. The van der Waals surface area contributed by atoms with Crippen molar-refractivity contribution in [1.82, 2.24) is 4.90 Å². The Hall–Kier alpha value is -1.31. The molecular formula is C13H15NO. The molecular weight excluding hydrogens is 186 g/mol. The molecule has 1 unspecified atom stereocenters. The van der Waals surface area contributed by atoms with E-state index < -0.39 is 0 Å². The predicted octanol–water partition coefficient (Wildman–Crippen LogP) is 2.05. The van der Waals surface area contributed by atoms with Gasteiger partial charge in [-0.15, -0.1) is 0 Å². The van der Waals surface area contributed by atoms with E-state index in [1.807, 2.05) is 0 Å². The van der Waals surface area contributed by atoms with Gasteiger partial charge in [-0.1, -0.05) is 24.3 Å². The van der Waals surface area contributed by atoms with Gasteiger partial charge in [0.15, 0.2) is 0 Å². The normalized spacial score (nSPS) is 29.2. The average molecular weight is 201 g/mol. The Bertz CT molecular complexity index is 389. The van der Waals surface area contributed by atoms with Crippen molar-refractivity contribution in [3.05, 3.63) is 35.6 Å². The molecule has 0 aromatic heterocycles. The Morgan fingerprint density at radius 3 is 3.13 bits per heavy atom. The van der Waals surface area contributed by atoms with Gasteiger partial charge in [-0.25, -0.2) is 0 Å². The fourth-order valence-electron chi connectivity index (χ4n) is 2.75. The highest BCUT2D eigenvalue weighted by molar-refractivity contribution is 5.82. The number of hydrogen-bond acceptors (Lipinski definition) is 2. The lowest BCUT2D eigenvalue weighted by atomic mass is 9.84. The van der Waals surface area contributed by atoms with Gasteiger partial charge in [0.2, 0.25) is 0 Å². The van der Waals surface area contributed by atoms with Crippen molar-refractivity contribution in [3.8, 4) is 0 Å². The summed E-state index contributed by atoms with van der Waals surface area (Å²) in [5, 5.41) is 0. The Kier molecular flexibility index (Phi) is 2.01. The fraction of sp³-hybridized carbons (Fsp3) is 0.462. The molecule has 3 rings (SSSR count). The smallest absolute Gasteiger partial charge is 0.140 e. The highest BCUT2D eigenvalue weighted by Crippen LogP contribution is 2.35. The Balaban J connectivity index is 2.01. The molecule has 0 N–H and O–H groups in total. The number of nitrogens with zero attached hydrogens (tertiary/aromatic N) is 1. The quantitative estimate of drug-likeness (QED) is 0.598. The molecule has 1 saturated heterocycles. The summed E-state index contributed by atoms with van der Waals surface area (Å²) in [6.45, 7) is 2.05. The van der Waals surface area contributed by atoms with Crippen LogP contribution in [0, 0.1) is 5.92 Å². The van der Waals surface area contributed by atoms with Gasteiger partial charge in [0.1, 0.15) is 5.78 Å². The Morgan fingerprint density at radius 1 is 1.27 bits per heavy atom.